The topological polar surface area (TPSA) is 65.0 Å². The summed E-state index contributed by atoms with van der Waals surface area (Å²) in [4.78, 5) is 12.4. The Morgan fingerprint density at radius 3 is 2.83 bits per heavy atom. The predicted molar refractivity (Wildman–Crippen MR) is 85.2 cm³/mol. The number of benzene rings is 2. The first-order chi connectivity index (χ1) is 11.1. The Hall–Kier alpha value is -2.95. The Bertz CT molecular complexity index is 792. The van der Waals surface area contributed by atoms with E-state index in [1.54, 1.807) is 25.3 Å². The molecular weight excluding hydrogens is 296 g/mol. The second kappa shape index (κ2) is 6.04. The number of Topliss-reactive ketones (excluding diaryl/α,β-unsaturated/α-hetero) is 1. The third-order valence-electron chi connectivity index (χ3n) is 3.45. The summed E-state index contributed by atoms with van der Waals surface area (Å²) in [5.41, 5.74) is 1.10. The van der Waals surface area contributed by atoms with E-state index < -0.39 is 0 Å². The van der Waals surface area contributed by atoms with Gasteiger partial charge in [0.25, 0.3) is 0 Å². The molecule has 1 N–H and O–H groups in total. The molecule has 0 atom stereocenters. The van der Waals surface area contributed by atoms with Gasteiger partial charge in [-0.1, -0.05) is 12.1 Å². The highest BCUT2D eigenvalue weighted by Gasteiger charge is 2.28. The molecule has 0 fully saturated rings. The zero-order chi connectivity index (χ0) is 16.4. The van der Waals surface area contributed by atoms with Gasteiger partial charge in [0.1, 0.15) is 11.5 Å². The lowest BCUT2D eigenvalue weighted by Crippen LogP contribution is -2.00. The molecule has 3 rings (SSSR count). The summed E-state index contributed by atoms with van der Waals surface area (Å²) in [6, 6.07) is 9.85. The van der Waals surface area contributed by atoms with Crippen molar-refractivity contribution in [1.82, 2.24) is 0 Å². The molecule has 0 radical (unpaired) electrons. The molecule has 118 valence electrons. The van der Waals surface area contributed by atoms with Crippen LogP contribution < -0.4 is 14.2 Å². The molecule has 0 saturated carbocycles. The average Bonchev–Trinajstić information content (AvgIpc) is 2.83. The Kier molecular flexibility index (Phi) is 3.93. The van der Waals surface area contributed by atoms with E-state index in [1.165, 1.54) is 12.1 Å². The molecule has 1 aliphatic rings. The van der Waals surface area contributed by atoms with Crippen LogP contribution in [-0.2, 0) is 0 Å². The molecule has 0 amide bonds. The number of rotatable bonds is 4. The highest BCUT2D eigenvalue weighted by atomic mass is 16.5. The first-order valence-electron chi connectivity index (χ1n) is 7.21. The molecule has 1 heterocycles. The Labute approximate surface area is 133 Å². The predicted octanol–water partition coefficient (Wildman–Crippen LogP) is 3.42. The molecule has 2 aromatic rings. The van der Waals surface area contributed by atoms with Crippen molar-refractivity contribution in [3.8, 4) is 23.0 Å². The number of aromatic hydroxyl groups is 1. The fourth-order valence-corrected chi connectivity index (χ4v) is 2.45. The number of carbonyl (C=O) groups is 1. The van der Waals surface area contributed by atoms with Crippen LogP contribution in [0.3, 0.4) is 0 Å². The van der Waals surface area contributed by atoms with Crippen molar-refractivity contribution in [2.45, 2.75) is 6.92 Å². The maximum Gasteiger partial charge on any atom is 0.231 e. The van der Waals surface area contributed by atoms with Crippen molar-refractivity contribution in [1.29, 1.82) is 0 Å². The van der Waals surface area contributed by atoms with Gasteiger partial charge in [-0.15, -0.1) is 0 Å². The van der Waals surface area contributed by atoms with Crippen LogP contribution in [0, 0.1) is 0 Å². The van der Waals surface area contributed by atoms with E-state index in [4.69, 9.17) is 14.2 Å². The molecule has 23 heavy (non-hydrogen) atoms. The number of carbonyl (C=O) groups excluding carboxylic acids is 1. The summed E-state index contributed by atoms with van der Waals surface area (Å²) >= 11 is 0. The van der Waals surface area contributed by atoms with Crippen LogP contribution >= 0.6 is 0 Å². The van der Waals surface area contributed by atoms with Crippen molar-refractivity contribution in [3.63, 3.8) is 0 Å². The van der Waals surface area contributed by atoms with E-state index in [0.29, 0.717) is 35.0 Å². The average molecular weight is 312 g/mol. The number of ether oxygens (including phenoxy) is 3. The number of hydrogen-bond donors (Lipinski definition) is 1. The largest absolute Gasteiger partial charge is 0.508 e. The van der Waals surface area contributed by atoms with E-state index in [2.05, 4.69) is 0 Å². The van der Waals surface area contributed by atoms with Gasteiger partial charge < -0.3 is 19.3 Å². The fourth-order valence-electron chi connectivity index (χ4n) is 2.45. The SMILES string of the molecule is CCOc1cccc(C=C2Oc3cc(O)ccc3C2=O)c1OC. The number of fused-ring (bicyclic) bond motifs is 1. The lowest BCUT2D eigenvalue weighted by molar-refractivity contribution is 0.101. The van der Waals surface area contributed by atoms with Crippen LogP contribution in [0.5, 0.6) is 23.0 Å². The molecule has 0 bridgehead atoms. The summed E-state index contributed by atoms with van der Waals surface area (Å²) in [6.07, 6.45) is 1.61. The van der Waals surface area contributed by atoms with E-state index in [1.807, 2.05) is 19.1 Å². The van der Waals surface area contributed by atoms with Gasteiger partial charge in [0.2, 0.25) is 5.78 Å². The number of methoxy groups -OCH3 is 1. The van der Waals surface area contributed by atoms with Gasteiger partial charge in [0, 0.05) is 11.6 Å². The zero-order valence-corrected chi connectivity index (χ0v) is 12.8. The van der Waals surface area contributed by atoms with Crippen LogP contribution in [0.15, 0.2) is 42.2 Å². The van der Waals surface area contributed by atoms with Gasteiger partial charge in [-0.05, 0) is 31.2 Å². The van der Waals surface area contributed by atoms with Crippen LogP contribution in [0.1, 0.15) is 22.8 Å². The van der Waals surface area contributed by atoms with E-state index in [-0.39, 0.29) is 17.3 Å². The minimum atomic E-state index is -0.233. The lowest BCUT2D eigenvalue weighted by atomic mass is 10.1. The third-order valence-corrected chi connectivity index (χ3v) is 3.45. The summed E-state index contributed by atoms with van der Waals surface area (Å²) in [6.45, 7) is 2.40. The summed E-state index contributed by atoms with van der Waals surface area (Å²) in [5, 5.41) is 9.49. The van der Waals surface area contributed by atoms with Crippen LogP contribution in [0.25, 0.3) is 6.08 Å². The molecule has 0 spiro atoms. The number of phenolic OH excluding ortho intramolecular Hbond substituents is 1. The highest BCUT2D eigenvalue weighted by molar-refractivity contribution is 6.14. The van der Waals surface area contributed by atoms with E-state index in [0.717, 1.165) is 0 Å². The Morgan fingerprint density at radius 1 is 1.26 bits per heavy atom. The number of ketones is 1. The first kappa shape index (κ1) is 15.0. The van der Waals surface area contributed by atoms with Crippen LogP contribution in [-0.4, -0.2) is 24.6 Å². The second-order valence-electron chi connectivity index (χ2n) is 4.93. The number of para-hydroxylation sites is 1. The van der Waals surface area contributed by atoms with Crippen LogP contribution in [0.4, 0.5) is 0 Å². The van der Waals surface area contributed by atoms with Crippen molar-refractivity contribution in [2.24, 2.45) is 0 Å². The normalized spacial score (nSPS) is 14.5. The summed E-state index contributed by atoms with van der Waals surface area (Å²) in [5.74, 6) is 1.48. The van der Waals surface area contributed by atoms with Crippen LogP contribution in [0.2, 0.25) is 0 Å². The van der Waals surface area contributed by atoms with Gasteiger partial charge in [-0.3, -0.25) is 4.79 Å². The van der Waals surface area contributed by atoms with Gasteiger partial charge >= 0.3 is 0 Å². The maximum atomic E-state index is 12.4. The van der Waals surface area contributed by atoms with Gasteiger partial charge in [-0.25, -0.2) is 0 Å². The summed E-state index contributed by atoms with van der Waals surface area (Å²) in [7, 11) is 1.55. The molecule has 0 unspecified atom stereocenters. The van der Waals surface area contributed by atoms with E-state index >= 15 is 0 Å². The molecule has 5 heteroatoms. The standard InChI is InChI=1S/C18H16O5/c1-3-22-14-6-4-5-11(18(14)21-2)9-16-17(20)13-8-7-12(19)10-15(13)23-16/h4-10,19H,3H2,1-2H3. The molecule has 1 aliphatic heterocycles. The van der Waals surface area contributed by atoms with Crippen molar-refractivity contribution < 1.29 is 24.1 Å². The smallest absolute Gasteiger partial charge is 0.231 e. The minimum Gasteiger partial charge on any atom is -0.508 e. The zero-order valence-electron chi connectivity index (χ0n) is 12.8. The highest BCUT2D eigenvalue weighted by Crippen LogP contribution is 2.37. The van der Waals surface area contributed by atoms with Gasteiger partial charge in [0.15, 0.2) is 17.3 Å². The van der Waals surface area contributed by atoms with Gasteiger partial charge in [0.05, 0.1) is 19.3 Å². The number of hydrogen-bond acceptors (Lipinski definition) is 5. The van der Waals surface area contributed by atoms with Gasteiger partial charge in [-0.2, -0.15) is 0 Å². The number of allylic oxidation sites excluding steroid dienone is 1. The van der Waals surface area contributed by atoms with Crippen molar-refractivity contribution in [3.05, 3.63) is 53.3 Å². The van der Waals surface area contributed by atoms with E-state index in [9.17, 15) is 9.90 Å². The third kappa shape index (κ3) is 2.73. The second-order valence-corrected chi connectivity index (χ2v) is 4.93. The molecule has 5 nitrogen and oxygen atoms in total. The minimum absolute atomic E-state index is 0.0497. The molecule has 2 aromatic carbocycles. The molecule has 0 saturated heterocycles. The maximum absolute atomic E-state index is 12.4. The molecule has 0 aromatic heterocycles. The lowest BCUT2D eigenvalue weighted by Gasteiger charge is -2.11. The quantitative estimate of drug-likeness (QED) is 0.876. The molecular formula is C18H16O5. The first-order valence-corrected chi connectivity index (χ1v) is 7.21. The monoisotopic (exact) mass is 312 g/mol. The number of phenols is 1. The summed E-state index contributed by atoms with van der Waals surface area (Å²) < 4.78 is 16.5. The molecule has 0 aliphatic carbocycles. The van der Waals surface area contributed by atoms with Crippen molar-refractivity contribution in [2.75, 3.05) is 13.7 Å². The Morgan fingerprint density at radius 2 is 2.09 bits per heavy atom. The Balaban J connectivity index is 2.00. The van der Waals surface area contributed by atoms with Crippen molar-refractivity contribution >= 4 is 11.9 Å². The fraction of sp³-hybridized carbons (Fsp3) is 0.167.